The Kier molecular flexibility index (Phi) is 5.63. The lowest BCUT2D eigenvalue weighted by atomic mass is 10.1. The van der Waals surface area contributed by atoms with Crippen molar-refractivity contribution in [3.63, 3.8) is 0 Å². The fourth-order valence-electron chi connectivity index (χ4n) is 1.69. The molecule has 1 atom stereocenters. The lowest BCUT2D eigenvalue weighted by Crippen LogP contribution is -2.40. The zero-order valence-electron chi connectivity index (χ0n) is 10.6. The highest BCUT2D eigenvalue weighted by Crippen LogP contribution is 2.05. The average Bonchev–Trinajstić information content (AvgIpc) is 2.34. The summed E-state index contributed by atoms with van der Waals surface area (Å²) in [6.45, 7) is 4.43. The number of nitrogens with two attached hydrogens (primary N) is 1. The maximum atomic E-state index is 12.0. The highest BCUT2D eigenvalue weighted by atomic mass is 16.1. The van der Waals surface area contributed by atoms with E-state index >= 15 is 0 Å². The van der Waals surface area contributed by atoms with Gasteiger partial charge in [-0.3, -0.25) is 9.78 Å². The summed E-state index contributed by atoms with van der Waals surface area (Å²) in [6.07, 6.45) is 4.80. The molecule has 0 radical (unpaired) electrons. The van der Waals surface area contributed by atoms with Gasteiger partial charge in [0.25, 0.3) is 5.91 Å². The number of nitrogens with one attached hydrogen (secondary N) is 1. The fourth-order valence-corrected chi connectivity index (χ4v) is 1.69. The lowest BCUT2D eigenvalue weighted by molar-refractivity contribution is 0.0934. The van der Waals surface area contributed by atoms with Crippen LogP contribution < -0.4 is 11.1 Å². The van der Waals surface area contributed by atoms with Gasteiger partial charge in [0.05, 0.1) is 5.56 Å². The van der Waals surface area contributed by atoms with Crippen LogP contribution in [0.5, 0.6) is 0 Å². The molecule has 1 heterocycles. The Morgan fingerprint density at radius 3 is 2.94 bits per heavy atom. The van der Waals surface area contributed by atoms with Crippen molar-refractivity contribution in [2.45, 2.75) is 39.2 Å². The van der Waals surface area contributed by atoms with Gasteiger partial charge in [0.1, 0.15) is 0 Å². The number of unbranched alkanes of at least 4 members (excludes halogenated alkanes) is 1. The highest BCUT2D eigenvalue weighted by Gasteiger charge is 2.13. The monoisotopic (exact) mass is 235 g/mol. The van der Waals surface area contributed by atoms with Crippen molar-refractivity contribution in [2.75, 3.05) is 6.54 Å². The molecule has 1 aromatic heterocycles. The zero-order valence-corrected chi connectivity index (χ0v) is 10.6. The third kappa shape index (κ3) is 4.15. The second kappa shape index (κ2) is 7.01. The SMILES string of the molecule is CCCCC(CN)NC(=O)c1cccnc1C. The first kappa shape index (κ1) is 13.6. The Balaban J connectivity index is 2.61. The number of aryl methyl sites for hydroxylation is 1. The van der Waals surface area contributed by atoms with Crippen molar-refractivity contribution < 1.29 is 4.79 Å². The van der Waals surface area contributed by atoms with E-state index in [0.717, 1.165) is 25.0 Å². The second-order valence-electron chi connectivity index (χ2n) is 4.18. The minimum atomic E-state index is -0.0813. The highest BCUT2D eigenvalue weighted by molar-refractivity contribution is 5.95. The summed E-state index contributed by atoms with van der Waals surface area (Å²) in [4.78, 5) is 16.1. The van der Waals surface area contributed by atoms with Crippen LogP contribution in [0.25, 0.3) is 0 Å². The van der Waals surface area contributed by atoms with E-state index in [9.17, 15) is 4.79 Å². The third-order valence-corrected chi connectivity index (χ3v) is 2.78. The smallest absolute Gasteiger partial charge is 0.253 e. The summed E-state index contributed by atoms with van der Waals surface area (Å²) in [5.74, 6) is -0.0813. The van der Waals surface area contributed by atoms with Crippen LogP contribution in [0.4, 0.5) is 0 Å². The number of carbonyl (C=O) groups is 1. The van der Waals surface area contributed by atoms with E-state index in [1.54, 1.807) is 18.3 Å². The number of hydrogen-bond acceptors (Lipinski definition) is 3. The van der Waals surface area contributed by atoms with Gasteiger partial charge in [-0.15, -0.1) is 0 Å². The number of nitrogens with zero attached hydrogens (tertiary/aromatic N) is 1. The first-order chi connectivity index (χ1) is 8.19. The molecule has 0 aliphatic rings. The van der Waals surface area contributed by atoms with Crippen LogP contribution in [0.3, 0.4) is 0 Å². The molecule has 4 nitrogen and oxygen atoms in total. The molecule has 94 valence electrons. The predicted molar refractivity (Wildman–Crippen MR) is 68.8 cm³/mol. The summed E-state index contributed by atoms with van der Waals surface area (Å²) in [5.41, 5.74) is 7.02. The first-order valence-electron chi connectivity index (χ1n) is 6.11. The number of carbonyl (C=O) groups excluding carboxylic acids is 1. The van der Waals surface area contributed by atoms with Gasteiger partial charge in [-0.25, -0.2) is 0 Å². The van der Waals surface area contributed by atoms with Crippen LogP contribution in [0.2, 0.25) is 0 Å². The molecule has 1 unspecified atom stereocenters. The van der Waals surface area contributed by atoms with E-state index in [2.05, 4.69) is 17.2 Å². The standard InChI is InChI=1S/C13H21N3O/c1-3-4-6-11(9-14)16-13(17)12-7-5-8-15-10(12)2/h5,7-8,11H,3-4,6,9,14H2,1-2H3,(H,16,17). The molecule has 17 heavy (non-hydrogen) atoms. The van der Waals surface area contributed by atoms with Crippen molar-refractivity contribution in [2.24, 2.45) is 5.73 Å². The number of rotatable bonds is 6. The second-order valence-corrected chi connectivity index (χ2v) is 4.18. The molecule has 0 saturated carbocycles. The van der Waals surface area contributed by atoms with Gasteiger partial charge < -0.3 is 11.1 Å². The summed E-state index contributed by atoms with van der Waals surface area (Å²) >= 11 is 0. The van der Waals surface area contributed by atoms with Crippen LogP contribution in [-0.2, 0) is 0 Å². The summed E-state index contributed by atoms with van der Waals surface area (Å²) < 4.78 is 0. The van der Waals surface area contributed by atoms with E-state index in [4.69, 9.17) is 5.73 Å². The lowest BCUT2D eigenvalue weighted by Gasteiger charge is -2.16. The quantitative estimate of drug-likeness (QED) is 0.787. The van der Waals surface area contributed by atoms with Crippen molar-refractivity contribution in [1.29, 1.82) is 0 Å². The zero-order chi connectivity index (χ0) is 12.7. The molecule has 0 aliphatic carbocycles. The predicted octanol–water partition coefficient (Wildman–Crippen LogP) is 1.64. The number of hydrogen-bond donors (Lipinski definition) is 2. The molecule has 3 N–H and O–H groups in total. The maximum absolute atomic E-state index is 12.0. The van der Waals surface area contributed by atoms with Gasteiger partial charge in [0.15, 0.2) is 0 Å². The topological polar surface area (TPSA) is 68.0 Å². The van der Waals surface area contributed by atoms with E-state index in [-0.39, 0.29) is 11.9 Å². The summed E-state index contributed by atoms with van der Waals surface area (Å²) in [5, 5.41) is 2.95. The fraction of sp³-hybridized carbons (Fsp3) is 0.538. The number of amides is 1. The molecule has 1 aromatic rings. The van der Waals surface area contributed by atoms with E-state index in [1.165, 1.54) is 0 Å². The number of pyridine rings is 1. The van der Waals surface area contributed by atoms with E-state index < -0.39 is 0 Å². The summed E-state index contributed by atoms with van der Waals surface area (Å²) in [7, 11) is 0. The van der Waals surface area contributed by atoms with Crippen molar-refractivity contribution in [1.82, 2.24) is 10.3 Å². The van der Waals surface area contributed by atoms with Gasteiger partial charge in [0, 0.05) is 24.5 Å². The Hall–Kier alpha value is -1.42. The molecule has 1 rings (SSSR count). The van der Waals surface area contributed by atoms with Gasteiger partial charge in [-0.05, 0) is 25.5 Å². The van der Waals surface area contributed by atoms with Crippen molar-refractivity contribution in [3.05, 3.63) is 29.6 Å². The van der Waals surface area contributed by atoms with Crippen LogP contribution in [0.15, 0.2) is 18.3 Å². The largest absolute Gasteiger partial charge is 0.348 e. The van der Waals surface area contributed by atoms with Gasteiger partial charge in [-0.2, -0.15) is 0 Å². The molecule has 0 bridgehead atoms. The van der Waals surface area contributed by atoms with E-state index in [0.29, 0.717) is 12.1 Å². The summed E-state index contributed by atoms with van der Waals surface area (Å²) in [6, 6.07) is 3.61. The van der Waals surface area contributed by atoms with Crippen molar-refractivity contribution in [3.8, 4) is 0 Å². The molecule has 0 saturated heterocycles. The van der Waals surface area contributed by atoms with Gasteiger partial charge in [-0.1, -0.05) is 19.8 Å². The molecule has 1 amide bonds. The Morgan fingerprint density at radius 1 is 1.59 bits per heavy atom. The van der Waals surface area contributed by atoms with Gasteiger partial charge in [0.2, 0.25) is 0 Å². The van der Waals surface area contributed by atoms with Crippen LogP contribution >= 0.6 is 0 Å². The minimum Gasteiger partial charge on any atom is -0.348 e. The van der Waals surface area contributed by atoms with Crippen LogP contribution in [0.1, 0.15) is 42.2 Å². The number of aromatic nitrogens is 1. The van der Waals surface area contributed by atoms with Crippen LogP contribution in [0, 0.1) is 6.92 Å². The molecule has 0 spiro atoms. The molecule has 0 aromatic carbocycles. The van der Waals surface area contributed by atoms with Gasteiger partial charge >= 0.3 is 0 Å². The molecular formula is C13H21N3O. The van der Waals surface area contributed by atoms with E-state index in [1.807, 2.05) is 6.92 Å². The maximum Gasteiger partial charge on any atom is 0.253 e. The molecule has 0 aliphatic heterocycles. The first-order valence-corrected chi connectivity index (χ1v) is 6.11. The average molecular weight is 235 g/mol. The third-order valence-electron chi connectivity index (χ3n) is 2.78. The molecule has 0 fully saturated rings. The Bertz CT molecular complexity index is 365. The molecular weight excluding hydrogens is 214 g/mol. The molecule has 4 heteroatoms. The normalized spacial score (nSPS) is 12.2. The Labute approximate surface area is 103 Å². The van der Waals surface area contributed by atoms with Crippen molar-refractivity contribution >= 4 is 5.91 Å². The minimum absolute atomic E-state index is 0.0575. The Morgan fingerprint density at radius 2 is 2.35 bits per heavy atom. The van der Waals surface area contributed by atoms with Crippen LogP contribution in [-0.4, -0.2) is 23.5 Å².